The minimum Gasteiger partial charge on any atom is -0.468 e. The van der Waals surface area contributed by atoms with Crippen LogP contribution < -0.4 is 10.7 Å². The van der Waals surface area contributed by atoms with Gasteiger partial charge in [-0.1, -0.05) is 19.9 Å². The summed E-state index contributed by atoms with van der Waals surface area (Å²) in [6.45, 7) is 14.2. The lowest BCUT2D eigenvalue weighted by Gasteiger charge is -2.34. The molecule has 16 heteroatoms. The van der Waals surface area contributed by atoms with Crippen LogP contribution in [0.3, 0.4) is 0 Å². The Bertz CT molecular complexity index is 2140. The Morgan fingerprint density at radius 2 is 1.87 bits per heavy atom. The molecule has 3 N–H and O–H groups in total. The van der Waals surface area contributed by atoms with E-state index in [9.17, 15) is 19.5 Å². The molecule has 2 saturated heterocycles. The first kappa shape index (κ1) is 46.1. The molecule has 1 aromatic carbocycles. The van der Waals surface area contributed by atoms with E-state index < -0.39 is 41.1 Å². The highest BCUT2D eigenvalue weighted by Gasteiger charge is 2.35. The number of thiazole rings is 1. The molecule has 15 nitrogen and oxygen atoms in total. The summed E-state index contributed by atoms with van der Waals surface area (Å²) in [7, 11) is 2.99. The zero-order chi connectivity index (χ0) is 43.9. The lowest BCUT2D eigenvalue weighted by atomic mass is 9.84. The van der Waals surface area contributed by atoms with E-state index in [0.717, 1.165) is 51.8 Å². The molecule has 2 fully saturated rings. The van der Waals surface area contributed by atoms with Crippen molar-refractivity contribution in [2.75, 3.05) is 47.2 Å². The van der Waals surface area contributed by atoms with Crippen LogP contribution in [0.25, 0.3) is 33.4 Å². The minimum absolute atomic E-state index is 0.0109. The van der Waals surface area contributed by atoms with Gasteiger partial charge in [0.15, 0.2) is 0 Å². The fraction of sp³-hybridized carbons (Fsp3) is 0.578. The Hall–Kier alpha value is -4.45. The van der Waals surface area contributed by atoms with Crippen molar-refractivity contribution >= 4 is 40.2 Å². The molecule has 2 unspecified atom stereocenters. The van der Waals surface area contributed by atoms with E-state index in [1.807, 2.05) is 18.4 Å². The molecule has 332 valence electrons. The van der Waals surface area contributed by atoms with Crippen molar-refractivity contribution in [3.8, 4) is 22.5 Å². The second-order valence-electron chi connectivity index (χ2n) is 17.6. The Balaban J connectivity index is 1.38. The summed E-state index contributed by atoms with van der Waals surface area (Å²) in [5, 5.41) is 18.3. The molecule has 0 spiro atoms. The van der Waals surface area contributed by atoms with E-state index in [-0.39, 0.29) is 25.2 Å². The Kier molecular flexibility index (Phi) is 15.2. The number of amides is 2. The number of carbonyl (C=O) groups excluding carboxylic acids is 3. The van der Waals surface area contributed by atoms with E-state index in [4.69, 9.17) is 33.7 Å². The topological polar surface area (TPSA) is 176 Å². The number of esters is 1. The molecule has 4 aromatic rings. The third kappa shape index (κ3) is 11.5. The number of alkyl carbamates (subject to hydrolysis) is 1. The van der Waals surface area contributed by atoms with Gasteiger partial charge in [0.1, 0.15) is 17.7 Å². The van der Waals surface area contributed by atoms with Gasteiger partial charge in [-0.25, -0.2) is 15.2 Å². The van der Waals surface area contributed by atoms with Gasteiger partial charge in [0, 0.05) is 80.0 Å². The quantitative estimate of drug-likeness (QED) is 0.106. The number of nitrogens with one attached hydrogen (secondary N) is 2. The highest BCUT2D eigenvalue weighted by Crippen LogP contribution is 2.42. The van der Waals surface area contributed by atoms with Crippen LogP contribution >= 0.6 is 11.3 Å². The standard InChI is InChI=1S/C45H62N6O9S/c1-28(56-7)39-31(11-9-17-46-39)40-33(25-45(5,6)27-52)32-23-29(13-14-37(32)50(40)19-22-59-30-15-20-58-21-16-30)36-26-61-38(47-36)24-35(48-43(55)60-44(2,3)4)41(53)51-18-10-12-34(49-51)42(54)57-8/h9,11,13-14,17,23,26,28,30,34-35,49,52H,10,12,15-16,18-22,24-25,27H2,1-8H3,(H,48,55)/t28-,34?,35?/m0/s1. The van der Waals surface area contributed by atoms with Gasteiger partial charge in [-0.3, -0.25) is 19.6 Å². The SMILES string of the molecule is COC(=O)C1CCCN(C(=O)C(Cc2nc(-c3ccc4c(c3)c(CC(C)(C)CO)c(-c3cccnc3[C@H](C)OC)n4CCOC3CCOCC3)cs2)NC(=O)OC(C)(C)C)N1. The summed E-state index contributed by atoms with van der Waals surface area (Å²) in [5.74, 6) is -0.879. The molecular weight excluding hydrogens is 801 g/mol. The number of nitrogens with zero attached hydrogens (tertiary/aromatic N) is 4. The molecule has 0 radical (unpaired) electrons. The largest absolute Gasteiger partial charge is 0.468 e. The molecule has 2 aliphatic rings. The molecule has 5 heterocycles. The Morgan fingerprint density at radius 3 is 2.57 bits per heavy atom. The van der Waals surface area contributed by atoms with Gasteiger partial charge >= 0.3 is 12.1 Å². The molecule has 0 saturated carbocycles. The molecule has 2 aliphatic heterocycles. The van der Waals surface area contributed by atoms with Gasteiger partial charge in [0.05, 0.1) is 48.0 Å². The number of aromatic nitrogens is 3. The molecule has 2 amide bonds. The lowest BCUT2D eigenvalue weighted by molar-refractivity contribution is -0.150. The predicted molar refractivity (Wildman–Crippen MR) is 233 cm³/mol. The van der Waals surface area contributed by atoms with E-state index in [0.29, 0.717) is 62.9 Å². The molecule has 3 aromatic heterocycles. The number of aliphatic hydroxyl groups excluding tert-OH is 1. The molecule has 6 rings (SSSR count). The second-order valence-corrected chi connectivity index (χ2v) is 18.5. The summed E-state index contributed by atoms with van der Waals surface area (Å²) in [6.07, 6.45) is 4.42. The second kappa shape index (κ2) is 20.2. The molecule has 61 heavy (non-hydrogen) atoms. The highest BCUT2D eigenvalue weighted by atomic mass is 32.1. The normalized spacial score (nSPS) is 17.6. The van der Waals surface area contributed by atoms with Crippen molar-refractivity contribution in [3.05, 3.63) is 58.2 Å². The van der Waals surface area contributed by atoms with Crippen molar-refractivity contribution in [1.82, 2.24) is 30.3 Å². The van der Waals surface area contributed by atoms with Crippen LogP contribution in [0.15, 0.2) is 41.9 Å². The van der Waals surface area contributed by atoms with E-state index in [2.05, 4.69) is 53.4 Å². The predicted octanol–water partition coefficient (Wildman–Crippen LogP) is 6.40. The monoisotopic (exact) mass is 862 g/mol. The summed E-state index contributed by atoms with van der Waals surface area (Å²) >= 11 is 1.39. The summed E-state index contributed by atoms with van der Waals surface area (Å²) < 4.78 is 30.6. The third-order valence-corrected chi connectivity index (χ3v) is 11.9. The van der Waals surface area contributed by atoms with E-state index in [1.54, 1.807) is 34.1 Å². The number of hydrogen-bond acceptors (Lipinski definition) is 13. The van der Waals surface area contributed by atoms with E-state index >= 15 is 0 Å². The first-order chi connectivity index (χ1) is 29.1. The minimum atomic E-state index is -1.03. The average molecular weight is 863 g/mol. The fourth-order valence-corrected chi connectivity index (χ4v) is 8.70. The number of carbonyl (C=O) groups is 3. The van der Waals surface area contributed by atoms with Crippen molar-refractivity contribution in [2.45, 2.75) is 117 Å². The Morgan fingerprint density at radius 1 is 1.10 bits per heavy atom. The fourth-order valence-electron chi connectivity index (χ4n) is 7.85. The molecular formula is C45H62N6O9S. The van der Waals surface area contributed by atoms with Gasteiger partial charge in [-0.2, -0.15) is 0 Å². The zero-order valence-corrected chi connectivity index (χ0v) is 37.6. The van der Waals surface area contributed by atoms with Crippen LogP contribution in [0.1, 0.15) is 89.6 Å². The number of rotatable bonds is 16. The number of methoxy groups -OCH3 is 2. The third-order valence-electron chi connectivity index (χ3n) is 11.1. The van der Waals surface area contributed by atoms with Gasteiger partial charge in [0.2, 0.25) is 0 Å². The number of hydrazine groups is 1. The molecule has 0 aliphatic carbocycles. The van der Waals surface area contributed by atoms with Crippen LogP contribution in [-0.4, -0.2) is 114 Å². The van der Waals surface area contributed by atoms with Crippen molar-refractivity contribution < 1.29 is 43.2 Å². The highest BCUT2D eigenvalue weighted by molar-refractivity contribution is 7.10. The molecule has 0 bridgehead atoms. The van der Waals surface area contributed by atoms with Crippen molar-refractivity contribution in [1.29, 1.82) is 0 Å². The van der Waals surface area contributed by atoms with Crippen LogP contribution in [0.5, 0.6) is 0 Å². The van der Waals surface area contributed by atoms with Crippen LogP contribution in [0, 0.1) is 5.41 Å². The van der Waals surface area contributed by atoms with Crippen molar-refractivity contribution in [2.24, 2.45) is 5.41 Å². The molecule has 3 atom stereocenters. The van der Waals surface area contributed by atoms with Gasteiger partial charge in [-0.05, 0) is 95.0 Å². The van der Waals surface area contributed by atoms with Crippen LogP contribution in [0.4, 0.5) is 4.79 Å². The Labute approximate surface area is 362 Å². The number of hydrogen-bond donors (Lipinski definition) is 3. The summed E-state index contributed by atoms with van der Waals surface area (Å²) in [5.41, 5.74) is 8.20. The van der Waals surface area contributed by atoms with E-state index in [1.165, 1.54) is 23.5 Å². The summed E-state index contributed by atoms with van der Waals surface area (Å²) in [4.78, 5) is 49.3. The number of fused-ring (bicyclic) bond motifs is 1. The van der Waals surface area contributed by atoms with Crippen LogP contribution in [-0.2, 0) is 52.7 Å². The number of benzene rings is 1. The maximum absolute atomic E-state index is 14.0. The van der Waals surface area contributed by atoms with Gasteiger partial charge in [-0.15, -0.1) is 11.3 Å². The average Bonchev–Trinajstić information content (AvgIpc) is 3.84. The maximum Gasteiger partial charge on any atom is 0.408 e. The van der Waals surface area contributed by atoms with Gasteiger partial charge < -0.3 is 38.7 Å². The number of pyridine rings is 1. The maximum atomic E-state index is 14.0. The lowest BCUT2D eigenvalue weighted by Crippen LogP contribution is -2.60. The van der Waals surface area contributed by atoms with Crippen LogP contribution in [0.2, 0.25) is 0 Å². The number of aliphatic hydroxyl groups is 1. The first-order valence-corrected chi connectivity index (χ1v) is 22.0. The zero-order valence-electron chi connectivity index (χ0n) is 36.7. The first-order valence-electron chi connectivity index (χ1n) is 21.1. The smallest absolute Gasteiger partial charge is 0.408 e. The number of ether oxygens (including phenoxy) is 5. The summed E-state index contributed by atoms with van der Waals surface area (Å²) in [6, 6.07) is 8.64. The van der Waals surface area contributed by atoms with Crippen molar-refractivity contribution in [3.63, 3.8) is 0 Å². The van der Waals surface area contributed by atoms with Gasteiger partial charge in [0.25, 0.3) is 5.91 Å².